The summed E-state index contributed by atoms with van der Waals surface area (Å²) >= 11 is 1.32. The van der Waals surface area contributed by atoms with Crippen molar-refractivity contribution >= 4 is 21.4 Å². The van der Waals surface area contributed by atoms with E-state index in [9.17, 15) is 13.5 Å². The van der Waals surface area contributed by atoms with Gasteiger partial charge in [0.25, 0.3) is 0 Å². The molecule has 2 heterocycles. The van der Waals surface area contributed by atoms with Crippen LogP contribution in [0.1, 0.15) is 34.1 Å². The number of thiophene rings is 1. The predicted octanol–water partition coefficient (Wildman–Crippen LogP) is 3.61. The van der Waals surface area contributed by atoms with Gasteiger partial charge >= 0.3 is 0 Å². The average Bonchev–Trinajstić information content (AvgIpc) is 3.33. The number of benzene rings is 1. The Morgan fingerprint density at radius 3 is 2.78 bits per heavy atom. The quantitative estimate of drug-likeness (QED) is 0.595. The van der Waals surface area contributed by atoms with Crippen LogP contribution in [-0.4, -0.2) is 20.1 Å². The van der Waals surface area contributed by atoms with Crippen molar-refractivity contribution in [3.63, 3.8) is 0 Å². The van der Waals surface area contributed by atoms with Crippen molar-refractivity contribution in [1.29, 1.82) is 0 Å². The van der Waals surface area contributed by atoms with Crippen LogP contribution in [0.15, 0.2) is 58.0 Å². The van der Waals surface area contributed by atoms with E-state index in [4.69, 9.17) is 9.15 Å². The highest BCUT2D eigenvalue weighted by molar-refractivity contribution is 7.89. The highest BCUT2D eigenvalue weighted by Gasteiger charge is 2.21. The Labute approximate surface area is 162 Å². The Hall–Kier alpha value is -2.13. The molecule has 0 radical (unpaired) electrons. The van der Waals surface area contributed by atoms with E-state index >= 15 is 0 Å². The van der Waals surface area contributed by atoms with E-state index in [-0.39, 0.29) is 11.4 Å². The molecule has 0 amide bonds. The van der Waals surface area contributed by atoms with Crippen LogP contribution in [0.25, 0.3) is 0 Å². The third kappa shape index (κ3) is 4.59. The van der Waals surface area contributed by atoms with Gasteiger partial charge in [0.15, 0.2) is 0 Å². The van der Waals surface area contributed by atoms with E-state index in [0.717, 1.165) is 10.4 Å². The summed E-state index contributed by atoms with van der Waals surface area (Å²) in [7, 11) is -3.74. The molecule has 0 saturated heterocycles. The molecule has 1 unspecified atom stereocenters. The van der Waals surface area contributed by atoms with Crippen LogP contribution in [0.5, 0.6) is 5.75 Å². The van der Waals surface area contributed by atoms with Gasteiger partial charge in [-0.15, -0.1) is 11.3 Å². The molecule has 1 aromatic carbocycles. The van der Waals surface area contributed by atoms with E-state index < -0.39 is 16.1 Å². The molecule has 0 fully saturated rings. The Morgan fingerprint density at radius 2 is 2.07 bits per heavy atom. The van der Waals surface area contributed by atoms with Crippen LogP contribution in [0.3, 0.4) is 0 Å². The van der Waals surface area contributed by atoms with Crippen LogP contribution in [0, 0.1) is 6.92 Å². The van der Waals surface area contributed by atoms with E-state index in [2.05, 4.69) is 4.72 Å². The molecule has 3 aromatic rings. The number of aryl methyl sites for hydroxylation is 1. The van der Waals surface area contributed by atoms with E-state index in [0.29, 0.717) is 23.0 Å². The number of hydrogen-bond donors (Lipinski definition) is 2. The number of rotatable bonds is 8. The molecule has 2 aromatic heterocycles. The molecular formula is C19H21NO5S2. The number of furan rings is 1. The molecule has 0 saturated carbocycles. The second-order valence-electron chi connectivity index (χ2n) is 5.93. The molecule has 0 bridgehead atoms. The van der Waals surface area contributed by atoms with Crippen molar-refractivity contribution < 1.29 is 22.7 Å². The summed E-state index contributed by atoms with van der Waals surface area (Å²) in [5, 5.41) is 10.3. The molecular weight excluding hydrogens is 386 g/mol. The first-order chi connectivity index (χ1) is 12.9. The molecule has 0 aliphatic heterocycles. The SMILES string of the molecule is CCOc1ccc(C)cc1S(=O)(=O)NCc1ccc(C(O)c2ccco2)s1. The molecule has 0 spiro atoms. The smallest absolute Gasteiger partial charge is 0.244 e. The Morgan fingerprint density at radius 1 is 1.26 bits per heavy atom. The van der Waals surface area contributed by atoms with Gasteiger partial charge in [-0.1, -0.05) is 6.07 Å². The molecule has 6 nitrogen and oxygen atoms in total. The predicted molar refractivity (Wildman–Crippen MR) is 103 cm³/mol. The number of aliphatic hydroxyl groups is 1. The Balaban J connectivity index is 1.74. The minimum atomic E-state index is -3.74. The third-order valence-corrected chi connectivity index (χ3v) is 6.45. The molecule has 1 atom stereocenters. The molecule has 2 N–H and O–H groups in total. The van der Waals surface area contributed by atoms with Gasteiger partial charge < -0.3 is 14.3 Å². The number of nitrogens with one attached hydrogen (secondary N) is 1. The second-order valence-corrected chi connectivity index (χ2v) is 8.87. The van der Waals surface area contributed by atoms with Crippen molar-refractivity contribution in [2.24, 2.45) is 0 Å². The maximum Gasteiger partial charge on any atom is 0.244 e. The zero-order chi connectivity index (χ0) is 19.4. The monoisotopic (exact) mass is 407 g/mol. The maximum absolute atomic E-state index is 12.7. The third-order valence-electron chi connectivity index (χ3n) is 3.89. The summed E-state index contributed by atoms with van der Waals surface area (Å²) in [6, 6.07) is 12.0. The number of aliphatic hydroxyl groups excluding tert-OH is 1. The minimum Gasteiger partial charge on any atom is -0.492 e. The van der Waals surface area contributed by atoms with Crippen LogP contribution in [0.2, 0.25) is 0 Å². The van der Waals surface area contributed by atoms with Crippen LogP contribution >= 0.6 is 11.3 Å². The van der Waals surface area contributed by atoms with E-state index in [1.54, 1.807) is 43.3 Å². The fraction of sp³-hybridized carbons (Fsp3) is 0.263. The van der Waals surface area contributed by atoms with Crippen LogP contribution in [-0.2, 0) is 16.6 Å². The largest absolute Gasteiger partial charge is 0.492 e. The maximum atomic E-state index is 12.7. The lowest BCUT2D eigenvalue weighted by Gasteiger charge is -2.12. The number of hydrogen-bond acceptors (Lipinski definition) is 6. The molecule has 0 aliphatic rings. The van der Waals surface area contributed by atoms with Crippen molar-refractivity contribution in [2.75, 3.05) is 6.61 Å². The van der Waals surface area contributed by atoms with Gasteiger partial charge in [-0.25, -0.2) is 13.1 Å². The topological polar surface area (TPSA) is 88.8 Å². The normalized spacial score (nSPS) is 12.9. The number of ether oxygens (including phenoxy) is 1. The van der Waals surface area contributed by atoms with Crippen molar-refractivity contribution in [2.45, 2.75) is 31.4 Å². The van der Waals surface area contributed by atoms with Gasteiger partial charge in [0, 0.05) is 16.3 Å². The van der Waals surface area contributed by atoms with Gasteiger partial charge in [-0.3, -0.25) is 0 Å². The van der Waals surface area contributed by atoms with E-state index in [1.165, 1.54) is 17.6 Å². The zero-order valence-corrected chi connectivity index (χ0v) is 16.6. The minimum absolute atomic E-state index is 0.122. The van der Waals surface area contributed by atoms with Gasteiger partial charge in [0.1, 0.15) is 22.5 Å². The molecule has 3 rings (SSSR count). The first-order valence-electron chi connectivity index (χ1n) is 8.44. The Bertz CT molecular complexity index is 993. The first-order valence-corrected chi connectivity index (χ1v) is 10.7. The summed E-state index contributed by atoms with van der Waals surface area (Å²) < 4.78 is 38.7. The summed E-state index contributed by atoms with van der Waals surface area (Å²) in [5.74, 6) is 0.779. The van der Waals surface area contributed by atoms with Gasteiger partial charge in [-0.2, -0.15) is 0 Å². The molecule has 8 heteroatoms. The van der Waals surface area contributed by atoms with Crippen molar-refractivity contribution in [1.82, 2.24) is 4.72 Å². The van der Waals surface area contributed by atoms with Crippen molar-refractivity contribution in [3.8, 4) is 5.75 Å². The summed E-state index contributed by atoms with van der Waals surface area (Å²) in [6.45, 7) is 4.14. The van der Waals surface area contributed by atoms with Crippen molar-refractivity contribution in [3.05, 3.63) is 69.8 Å². The highest BCUT2D eigenvalue weighted by atomic mass is 32.2. The fourth-order valence-electron chi connectivity index (χ4n) is 2.57. The van der Waals surface area contributed by atoms with Gasteiger partial charge in [0.2, 0.25) is 10.0 Å². The van der Waals surface area contributed by atoms with E-state index in [1.807, 2.05) is 13.0 Å². The summed E-state index contributed by atoms with van der Waals surface area (Å²) in [6.07, 6.45) is 0.635. The van der Waals surface area contributed by atoms with Crippen LogP contribution in [0.4, 0.5) is 0 Å². The lowest BCUT2D eigenvalue weighted by Crippen LogP contribution is -2.23. The number of sulfonamides is 1. The van der Waals surface area contributed by atoms with Gasteiger partial charge in [0.05, 0.1) is 12.9 Å². The average molecular weight is 408 g/mol. The fourth-order valence-corrected chi connectivity index (χ4v) is 4.84. The second kappa shape index (κ2) is 8.26. The van der Waals surface area contributed by atoms with Crippen LogP contribution < -0.4 is 9.46 Å². The first kappa shape index (κ1) is 19.6. The highest BCUT2D eigenvalue weighted by Crippen LogP contribution is 2.29. The molecule has 144 valence electrons. The standard InChI is InChI=1S/C19H21NO5S2/c1-3-24-15-8-6-13(2)11-18(15)27(22,23)20-12-14-7-9-17(26-14)19(21)16-5-4-10-25-16/h4-11,19-21H,3,12H2,1-2H3. The summed E-state index contributed by atoms with van der Waals surface area (Å²) in [5.41, 5.74) is 0.832. The lowest BCUT2D eigenvalue weighted by atomic mass is 10.2. The molecule has 0 aliphatic carbocycles. The van der Waals surface area contributed by atoms with Gasteiger partial charge in [-0.05, 0) is 55.8 Å². The zero-order valence-electron chi connectivity index (χ0n) is 15.0. The lowest BCUT2D eigenvalue weighted by molar-refractivity contribution is 0.193. The Kier molecular flexibility index (Phi) is 6.01. The summed E-state index contributed by atoms with van der Waals surface area (Å²) in [4.78, 5) is 1.59. The molecule has 27 heavy (non-hydrogen) atoms.